The second-order valence-electron chi connectivity index (χ2n) is 6.58. The minimum Gasteiger partial charge on any atom is -0.444 e. The van der Waals surface area contributed by atoms with E-state index in [1.807, 2.05) is 20.8 Å². The van der Waals surface area contributed by atoms with Crippen molar-refractivity contribution in [2.75, 3.05) is 26.2 Å². The third-order valence-electron chi connectivity index (χ3n) is 3.61. The van der Waals surface area contributed by atoms with Crippen LogP contribution in [0.25, 0.3) is 0 Å². The summed E-state index contributed by atoms with van der Waals surface area (Å²) in [6.45, 7) is 8.09. The molecule has 104 valence electrons. The quantitative estimate of drug-likeness (QED) is 0.722. The van der Waals surface area contributed by atoms with Gasteiger partial charge in [0, 0.05) is 31.6 Å². The highest BCUT2D eigenvalue weighted by Crippen LogP contribution is 2.37. The summed E-state index contributed by atoms with van der Waals surface area (Å²) in [5.41, 5.74) is -0.561. The lowest BCUT2D eigenvalue weighted by molar-refractivity contribution is 0.0254. The molecule has 0 radical (unpaired) electrons. The molecule has 2 fully saturated rings. The summed E-state index contributed by atoms with van der Waals surface area (Å²) < 4.78 is 18.8. The molecule has 2 heterocycles. The molecule has 2 rings (SSSR count). The predicted octanol–water partition coefficient (Wildman–Crippen LogP) is 1.94. The van der Waals surface area contributed by atoms with Crippen molar-refractivity contribution < 1.29 is 13.9 Å². The largest absolute Gasteiger partial charge is 0.444 e. The maximum Gasteiger partial charge on any atom is 0.410 e. The molecular formula is C13H23FN2O2. The van der Waals surface area contributed by atoms with E-state index < -0.39 is 11.8 Å². The highest BCUT2D eigenvalue weighted by Gasteiger charge is 2.44. The predicted molar refractivity (Wildman–Crippen MR) is 67.2 cm³/mol. The molecule has 2 aliphatic heterocycles. The second-order valence-corrected chi connectivity index (χ2v) is 6.58. The lowest BCUT2D eigenvalue weighted by atomic mass is 9.79. The van der Waals surface area contributed by atoms with Crippen LogP contribution in [0, 0.1) is 5.41 Å². The van der Waals surface area contributed by atoms with E-state index in [-0.39, 0.29) is 11.5 Å². The molecule has 1 N–H and O–H groups in total. The molecule has 1 amide bonds. The van der Waals surface area contributed by atoms with Gasteiger partial charge in [0.2, 0.25) is 0 Å². The van der Waals surface area contributed by atoms with Gasteiger partial charge in [0.05, 0.1) is 0 Å². The van der Waals surface area contributed by atoms with Crippen LogP contribution < -0.4 is 5.32 Å². The highest BCUT2D eigenvalue weighted by molar-refractivity contribution is 5.68. The monoisotopic (exact) mass is 258 g/mol. The number of hydrogen-bond acceptors (Lipinski definition) is 3. The molecule has 0 aliphatic carbocycles. The molecule has 2 saturated heterocycles. The minimum absolute atomic E-state index is 0.0887. The number of nitrogens with one attached hydrogen (secondary N) is 1. The van der Waals surface area contributed by atoms with Crippen LogP contribution in [0.1, 0.15) is 33.6 Å². The Morgan fingerprint density at radius 3 is 2.83 bits per heavy atom. The Hall–Kier alpha value is -0.840. The van der Waals surface area contributed by atoms with Gasteiger partial charge in [-0.1, -0.05) is 0 Å². The fourth-order valence-corrected chi connectivity index (χ4v) is 2.84. The molecule has 5 heteroatoms. The first-order chi connectivity index (χ1) is 8.30. The lowest BCUT2D eigenvalue weighted by Crippen LogP contribution is -2.47. The van der Waals surface area contributed by atoms with Crippen molar-refractivity contribution in [2.24, 2.45) is 5.41 Å². The highest BCUT2D eigenvalue weighted by atomic mass is 19.1. The number of carbonyl (C=O) groups excluding carboxylic acids is 1. The van der Waals surface area contributed by atoms with Crippen LogP contribution in [-0.4, -0.2) is 48.9 Å². The van der Waals surface area contributed by atoms with Crippen molar-refractivity contribution in [3.8, 4) is 0 Å². The Morgan fingerprint density at radius 1 is 1.50 bits per heavy atom. The van der Waals surface area contributed by atoms with Gasteiger partial charge in [0.1, 0.15) is 11.8 Å². The average Bonchev–Trinajstić information content (AvgIpc) is 2.59. The fraction of sp³-hybridized carbons (Fsp3) is 0.923. The number of hydrogen-bond donors (Lipinski definition) is 1. The Kier molecular flexibility index (Phi) is 3.54. The number of carbonyl (C=O) groups is 1. The zero-order valence-electron chi connectivity index (χ0n) is 11.5. The molecule has 0 aromatic rings. The molecule has 2 unspecified atom stereocenters. The minimum atomic E-state index is -0.794. The van der Waals surface area contributed by atoms with Crippen LogP contribution in [0.3, 0.4) is 0 Å². The van der Waals surface area contributed by atoms with Crippen molar-refractivity contribution >= 4 is 6.09 Å². The average molecular weight is 258 g/mol. The molecule has 18 heavy (non-hydrogen) atoms. The van der Waals surface area contributed by atoms with Gasteiger partial charge in [0.15, 0.2) is 0 Å². The molecule has 1 spiro atoms. The number of rotatable bonds is 0. The Labute approximate surface area is 108 Å². The third-order valence-corrected chi connectivity index (χ3v) is 3.61. The van der Waals surface area contributed by atoms with Gasteiger partial charge in [-0.15, -0.1) is 0 Å². The van der Waals surface area contributed by atoms with Crippen molar-refractivity contribution in [1.29, 1.82) is 0 Å². The number of halogens is 1. The van der Waals surface area contributed by atoms with E-state index in [0.29, 0.717) is 26.1 Å². The molecule has 4 nitrogen and oxygen atoms in total. The second kappa shape index (κ2) is 4.68. The molecule has 2 atom stereocenters. The summed E-state index contributed by atoms with van der Waals surface area (Å²) in [5, 5.41) is 3.12. The van der Waals surface area contributed by atoms with Crippen LogP contribution >= 0.6 is 0 Å². The fourth-order valence-electron chi connectivity index (χ4n) is 2.84. The first-order valence-corrected chi connectivity index (χ1v) is 6.62. The van der Waals surface area contributed by atoms with E-state index in [1.54, 1.807) is 4.90 Å². The van der Waals surface area contributed by atoms with E-state index in [0.717, 1.165) is 13.0 Å². The number of nitrogens with zero attached hydrogens (tertiary/aromatic N) is 1. The van der Waals surface area contributed by atoms with Crippen molar-refractivity contribution in [3.63, 3.8) is 0 Å². The van der Waals surface area contributed by atoms with Crippen LogP contribution in [0.5, 0.6) is 0 Å². The van der Waals surface area contributed by atoms with Gasteiger partial charge in [-0.2, -0.15) is 0 Å². The standard InChI is InChI=1S/C13H23FN2O2/c1-12(2,3)18-11(17)16-5-4-13(9-16)6-10(14)7-15-8-13/h10,15H,4-9H2,1-3H3. The van der Waals surface area contributed by atoms with Gasteiger partial charge in [-0.05, 0) is 33.6 Å². The molecule has 0 aromatic heterocycles. The first-order valence-electron chi connectivity index (χ1n) is 6.62. The van der Waals surface area contributed by atoms with E-state index >= 15 is 0 Å². The summed E-state index contributed by atoms with van der Waals surface area (Å²) in [4.78, 5) is 13.7. The zero-order chi connectivity index (χ0) is 13.4. The third kappa shape index (κ3) is 3.13. The first kappa shape index (κ1) is 13.6. The van der Waals surface area contributed by atoms with Crippen LogP contribution in [-0.2, 0) is 4.74 Å². The van der Waals surface area contributed by atoms with Crippen molar-refractivity contribution in [1.82, 2.24) is 10.2 Å². The van der Waals surface area contributed by atoms with E-state index in [4.69, 9.17) is 4.74 Å². The number of likely N-dealkylation sites (tertiary alicyclic amines) is 1. The zero-order valence-corrected chi connectivity index (χ0v) is 11.5. The van der Waals surface area contributed by atoms with E-state index in [9.17, 15) is 9.18 Å². The molecule has 0 bridgehead atoms. The lowest BCUT2D eigenvalue weighted by Gasteiger charge is -2.35. The van der Waals surface area contributed by atoms with Crippen LogP contribution in [0.2, 0.25) is 0 Å². The van der Waals surface area contributed by atoms with Gasteiger partial charge in [0.25, 0.3) is 0 Å². The van der Waals surface area contributed by atoms with E-state index in [2.05, 4.69) is 5.32 Å². The molecule has 0 aromatic carbocycles. The van der Waals surface area contributed by atoms with Crippen LogP contribution in [0.15, 0.2) is 0 Å². The van der Waals surface area contributed by atoms with Gasteiger partial charge in [-0.3, -0.25) is 0 Å². The van der Waals surface area contributed by atoms with Gasteiger partial charge in [-0.25, -0.2) is 9.18 Å². The summed E-state index contributed by atoms with van der Waals surface area (Å²) in [7, 11) is 0. The number of amides is 1. The number of piperidine rings is 1. The summed E-state index contributed by atoms with van der Waals surface area (Å²) in [5.74, 6) is 0. The Bertz CT molecular complexity index is 329. The Balaban J connectivity index is 1.93. The van der Waals surface area contributed by atoms with Gasteiger partial charge >= 0.3 is 6.09 Å². The maximum atomic E-state index is 13.5. The van der Waals surface area contributed by atoms with Crippen LogP contribution in [0.4, 0.5) is 9.18 Å². The normalized spacial score (nSPS) is 32.9. The SMILES string of the molecule is CC(C)(C)OC(=O)N1CCC2(CNCC(F)C2)C1. The topological polar surface area (TPSA) is 41.6 Å². The number of alkyl halides is 1. The molecule has 0 saturated carbocycles. The number of ether oxygens (including phenoxy) is 1. The Morgan fingerprint density at radius 2 is 2.22 bits per heavy atom. The van der Waals surface area contributed by atoms with Crippen molar-refractivity contribution in [3.05, 3.63) is 0 Å². The smallest absolute Gasteiger partial charge is 0.410 e. The van der Waals surface area contributed by atoms with E-state index in [1.165, 1.54) is 0 Å². The van der Waals surface area contributed by atoms with Crippen molar-refractivity contribution in [2.45, 2.75) is 45.4 Å². The molecule has 2 aliphatic rings. The maximum absolute atomic E-state index is 13.5. The van der Waals surface area contributed by atoms with Gasteiger partial charge < -0.3 is 15.0 Å². The summed E-state index contributed by atoms with van der Waals surface area (Å²) in [6.07, 6.45) is 0.344. The molecular weight excluding hydrogens is 235 g/mol. The summed E-state index contributed by atoms with van der Waals surface area (Å²) in [6, 6.07) is 0. The summed E-state index contributed by atoms with van der Waals surface area (Å²) >= 11 is 0.